The molecule has 8 nitrogen and oxygen atoms in total. The average molecular weight is 391 g/mol. The van der Waals surface area contributed by atoms with Gasteiger partial charge < -0.3 is 24.9 Å². The maximum Gasteiger partial charge on any atom is 0.320 e. The molecule has 3 atom stereocenters. The quantitative estimate of drug-likeness (QED) is 0.759. The Morgan fingerprint density at radius 2 is 1.86 bits per heavy atom. The number of carboxylic acids is 1. The first-order valence-electron chi connectivity index (χ1n) is 9.35. The second-order valence-electron chi connectivity index (χ2n) is 7.56. The van der Waals surface area contributed by atoms with Gasteiger partial charge in [-0.05, 0) is 24.0 Å². The highest BCUT2D eigenvalue weighted by Gasteiger charge is 2.49. The van der Waals surface area contributed by atoms with Crippen molar-refractivity contribution in [3.8, 4) is 0 Å². The molecule has 2 amide bonds. The van der Waals surface area contributed by atoms with E-state index in [1.54, 1.807) is 19.0 Å². The van der Waals surface area contributed by atoms with Gasteiger partial charge in [0.1, 0.15) is 0 Å². The lowest BCUT2D eigenvalue weighted by molar-refractivity contribution is -0.137. The first-order chi connectivity index (χ1) is 13.3. The zero-order valence-corrected chi connectivity index (χ0v) is 16.6. The van der Waals surface area contributed by atoms with Crippen LogP contribution in [-0.2, 0) is 9.59 Å². The summed E-state index contributed by atoms with van der Waals surface area (Å²) in [6.07, 6.45) is 0.175. The second-order valence-corrected chi connectivity index (χ2v) is 7.56. The predicted octanol–water partition coefficient (Wildman–Crippen LogP) is 1.76. The smallest absolute Gasteiger partial charge is 0.320 e. The number of hydrogen-bond acceptors (Lipinski definition) is 4. The molecule has 0 aliphatic carbocycles. The van der Waals surface area contributed by atoms with E-state index in [9.17, 15) is 9.59 Å². The summed E-state index contributed by atoms with van der Waals surface area (Å²) < 4.78 is 0. The molecule has 0 spiro atoms. The molecule has 0 bridgehead atoms. The van der Waals surface area contributed by atoms with Gasteiger partial charge in [0.15, 0.2) is 0 Å². The van der Waals surface area contributed by atoms with Gasteiger partial charge in [-0.1, -0.05) is 24.3 Å². The number of nitrogens with zero attached hydrogens (tertiary/aromatic N) is 3. The van der Waals surface area contributed by atoms with Crippen LogP contribution in [0.4, 0.5) is 4.79 Å². The van der Waals surface area contributed by atoms with E-state index in [1.165, 1.54) is 11.1 Å². The van der Waals surface area contributed by atoms with Crippen molar-refractivity contribution < 1.29 is 24.6 Å². The van der Waals surface area contributed by atoms with Crippen molar-refractivity contribution in [3.63, 3.8) is 0 Å². The molecule has 8 heteroatoms. The number of likely N-dealkylation sites (tertiary alicyclic amines) is 2. The normalized spacial score (nSPS) is 23.5. The van der Waals surface area contributed by atoms with Gasteiger partial charge in [0.25, 0.3) is 6.47 Å². The number of carboxylic acid groups (broad SMARTS) is 2. The number of urea groups is 1. The van der Waals surface area contributed by atoms with Gasteiger partial charge in [-0.25, -0.2) is 4.79 Å². The Labute approximate surface area is 165 Å². The van der Waals surface area contributed by atoms with Crippen molar-refractivity contribution in [1.82, 2.24) is 14.7 Å². The topological polar surface area (TPSA) is 101 Å². The van der Waals surface area contributed by atoms with Crippen LogP contribution in [0.2, 0.25) is 0 Å². The molecular formula is C20H29N3O5. The van der Waals surface area contributed by atoms with E-state index >= 15 is 0 Å². The summed E-state index contributed by atoms with van der Waals surface area (Å²) in [5, 5.41) is 15.8. The highest BCUT2D eigenvalue weighted by molar-refractivity contribution is 5.75. The molecule has 0 saturated carbocycles. The van der Waals surface area contributed by atoms with Crippen molar-refractivity contribution >= 4 is 18.5 Å². The molecule has 3 rings (SSSR count). The van der Waals surface area contributed by atoms with Crippen LogP contribution in [-0.4, -0.2) is 83.7 Å². The number of carbonyl (C=O) groups is 3. The molecule has 2 heterocycles. The standard InChI is InChI=1S/C19H27N3O3.CH2O2/c1-13-6-4-5-7-15(13)18-16-12-21(9-8-17(23)24)10-14(16)11-22(18)19(25)20(2)3;2-1-3/h4-7,14,16,18H,8-12H2,1-3H3,(H,23,24);1H,(H,2,3)/t14-,16-,18+;/m1./s1. The Bertz CT molecular complexity index is 709. The predicted molar refractivity (Wildman–Crippen MR) is 104 cm³/mol. The lowest BCUT2D eigenvalue weighted by atomic mass is 9.88. The van der Waals surface area contributed by atoms with E-state index in [4.69, 9.17) is 15.0 Å². The van der Waals surface area contributed by atoms with E-state index in [-0.39, 0.29) is 25.0 Å². The Kier molecular flexibility index (Phi) is 7.39. The minimum Gasteiger partial charge on any atom is -0.483 e. The van der Waals surface area contributed by atoms with Crippen LogP contribution in [0.25, 0.3) is 0 Å². The molecule has 0 radical (unpaired) electrons. The van der Waals surface area contributed by atoms with Gasteiger partial charge in [-0.2, -0.15) is 0 Å². The van der Waals surface area contributed by atoms with Crippen molar-refractivity contribution in [2.24, 2.45) is 11.8 Å². The molecule has 154 valence electrons. The SMILES string of the molecule is Cc1ccccc1[C@H]1[C@@H]2CN(CCC(=O)O)C[C@@H]2CN1C(=O)N(C)C.O=CO. The molecule has 2 aliphatic rings. The number of rotatable bonds is 4. The van der Waals surface area contributed by atoms with Crippen LogP contribution in [0, 0.1) is 18.8 Å². The monoisotopic (exact) mass is 391 g/mol. The van der Waals surface area contributed by atoms with Gasteiger partial charge in [0.05, 0.1) is 12.5 Å². The fourth-order valence-corrected chi connectivity index (χ4v) is 4.34. The third-order valence-corrected chi connectivity index (χ3v) is 5.52. The van der Waals surface area contributed by atoms with E-state index in [1.807, 2.05) is 17.0 Å². The molecule has 1 aromatic carbocycles. The zero-order valence-electron chi connectivity index (χ0n) is 16.6. The van der Waals surface area contributed by atoms with Crippen molar-refractivity contribution in [3.05, 3.63) is 35.4 Å². The number of aliphatic carboxylic acids is 1. The van der Waals surface area contributed by atoms with Crippen LogP contribution in [0.1, 0.15) is 23.6 Å². The molecule has 2 saturated heterocycles. The molecule has 2 fully saturated rings. The van der Waals surface area contributed by atoms with Gasteiger partial charge in [0.2, 0.25) is 0 Å². The third-order valence-electron chi connectivity index (χ3n) is 5.52. The maximum absolute atomic E-state index is 12.7. The van der Waals surface area contributed by atoms with Gasteiger partial charge in [-0.3, -0.25) is 9.59 Å². The van der Waals surface area contributed by atoms with Gasteiger partial charge in [0, 0.05) is 46.2 Å². The number of aryl methyl sites for hydroxylation is 1. The first-order valence-corrected chi connectivity index (χ1v) is 9.35. The number of amides is 2. The molecule has 0 unspecified atom stereocenters. The minimum absolute atomic E-state index is 0.0553. The summed E-state index contributed by atoms with van der Waals surface area (Å²) in [4.78, 5) is 37.8. The Balaban J connectivity index is 0.000000878. The molecular weight excluding hydrogens is 362 g/mol. The highest BCUT2D eigenvalue weighted by Crippen LogP contribution is 2.46. The first kappa shape index (κ1) is 21.7. The van der Waals surface area contributed by atoms with Crippen LogP contribution in [0.3, 0.4) is 0 Å². The van der Waals surface area contributed by atoms with Crippen molar-refractivity contribution in [1.29, 1.82) is 0 Å². The highest BCUT2D eigenvalue weighted by atomic mass is 16.4. The second kappa shape index (κ2) is 9.54. The summed E-state index contributed by atoms with van der Waals surface area (Å²) in [5.41, 5.74) is 2.42. The van der Waals surface area contributed by atoms with Crippen molar-refractivity contribution in [2.75, 3.05) is 40.3 Å². The number of hydrogen-bond donors (Lipinski definition) is 2. The number of carbonyl (C=O) groups excluding carboxylic acids is 1. The van der Waals surface area contributed by atoms with E-state index in [2.05, 4.69) is 24.0 Å². The van der Waals surface area contributed by atoms with Crippen LogP contribution in [0.5, 0.6) is 0 Å². The van der Waals surface area contributed by atoms with E-state index in [0.717, 1.165) is 19.6 Å². The molecule has 1 aromatic rings. The molecule has 2 N–H and O–H groups in total. The van der Waals surface area contributed by atoms with Gasteiger partial charge >= 0.3 is 12.0 Å². The minimum atomic E-state index is -0.753. The Hall–Kier alpha value is -2.61. The number of fused-ring (bicyclic) bond motifs is 1. The third kappa shape index (κ3) is 4.81. The van der Waals surface area contributed by atoms with Gasteiger partial charge in [-0.15, -0.1) is 0 Å². The lowest BCUT2D eigenvalue weighted by Gasteiger charge is -2.32. The Morgan fingerprint density at radius 1 is 1.21 bits per heavy atom. The lowest BCUT2D eigenvalue weighted by Crippen LogP contribution is -2.41. The fourth-order valence-electron chi connectivity index (χ4n) is 4.34. The van der Waals surface area contributed by atoms with E-state index in [0.29, 0.717) is 18.4 Å². The van der Waals surface area contributed by atoms with Crippen LogP contribution >= 0.6 is 0 Å². The average Bonchev–Trinajstić information content (AvgIpc) is 3.18. The van der Waals surface area contributed by atoms with Crippen molar-refractivity contribution in [2.45, 2.75) is 19.4 Å². The molecule has 28 heavy (non-hydrogen) atoms. The molecule has 2 aliphatic heterocycles. The Morgan fingerprint density at radius 3 is 2.43 bits per heavy atom. The summed E-state index contributed by atoms with van der Waals surface area (Å²) >= 11 is 0. The largest absolute Gasteiger partial charge is 0.483 e. The number of benzene rings is 1. The van der Waals surface area contributed by atoms with Crippen LogP contribution < -0.4 is 0 Å². The zero-order chi connectivity index (χ0) is 20.8. The summed E-state index contributed by atoms with van der Waals surface area (Å²) in [6, 6.07) is 8.40. The summed E-state index contributed by atoms with van der Waals surface area (Å²) in [7, 11) is 3.59. The summed E-state index contributed by atoms with van der Waals surface area (Å²) in [6.45, 7) is 4.90. The van der Waals surface area contributed by atoms with Crippen LogP contribution in [0.15, 0.2) is 24.3 Å². The fraction of sp³-hybridized carbons (Fsp3) is 0.550. The summed E-state index contributed by atoms with van der Waals surface area (Å²) in [5.74, 6) is 0.0121. The maximum atomic E-state index is 12.7. The molecule has 0 aromatic heterocycles. The van der Waals surface area contributed by atoms with E-state index < -0.39 is 5.97 Å².